The van der Waals surface area contributed by atoms with Crippen molar-refractivity contribution in [2.75, 3.05) is 0 Å². The van der Waals surface area contributed by atoms with Crippen LogP contribution in [0.25, 0.3) is 0 Å². The molecule has 0 spiro atoms. The fourth-order valence-corrected chi connectivity index (χ4v) is 4.65. The van der Waals surface area contributed by atoms with E-state index < -0.39 is 20.0 Å². The van der Waals surface area contributed by atoms with E-state index in [-0.39, 0.29) is 17.7 Å². The molecule has 0 unspecified atom stereocenters. The minimum absolute atomic E-state index is 0.0111. The Morgan fingerprint density at radius 2 is 1.88 bits per heavy atom. The van der Waals surface area contributed by atoms with Crippen LogP contribution in [0, 0.1) is 0 Å². The largest absolute Gasteiger partial charge is 0.445 e. The third kappa shape index (κ3) is 5.17. The van der Waals surface area contributed by atoms with E-state index in [1.807, 2.05) is 30.3 Å². The Morgan fingerprint density at radius 3 is 2.42 bits per heavy atom. The average Bonchev–Trinajstić information content (AvgIpc) is 2.51. The van der Waals surface area contributed by atoms with Gasteiger partial charge in [-0.1, -0.05) is 51.1 Å². The summed E-state index contributed by atoms with van der Waals surface area (Å²) in [6, 6.07) is 9.57. The van der Waals surface area contributed by atoms with Gasteiger partial charge in [-0.3, -0.25) is 0 Å². The van der Waals surface area contributed by atoms with Gasteiger partial charge in [-0.05, 0) is 36.5 Å². The number of carbonyl (C=O) groups excluding carboxylic acids is 2. The minimum Gasteiger partial charge on any atom is -0.445 e. The van der Waals surface area contributed by atoms with Crippen molar-refractivity contribution < 1.29 is 18.8 Å². The van der Waals surface area contributed by atoms with Gasteiger partial charge in [0.1, 0.15) is 12.9 Å². The Balaban J connectivity index is 1.85. The summed E-state index contributed by atoms with van der Waals surface area (Å²) >= 11 is 0. The van der Waals surface area contributed by atoms with Crippen molar-refractivity contribution in [2.24, 2.45) is 0 Å². The number of benzene rings is 1. The van der Waals surface area contributed by atoms with Gasteiger partial charge >= 0.3 is 6.09 Å². The number of ether oxygens (including phenoxy) is 1. The first-order chi connectivity index (χ1) is 12.1. The second-order valence-electron chi connectivity index (χ2n) is 8.73. The number of alkyl carbamates (subject to hydrolysis) is 1. The van der Waals surface area contributed by atoms with Crippen molar-refractivity contribution in [1.29, 1.82) is 0 Å². The van der Waals surface area contributed by atoms with Crippen LogP contribution in [-0.4, -0.2) is 32.3 Å². The zero-order valence-electron chi connectivity index (χ0n) is 16.5. The Hall–Kier alpha value is -1.66. The van der Waals surface area contributed by atoms with E-state index in [0.29, 0.717) is 19.3 Å². The van der Waals surface area contributed by atoms with Crippen LogP contribution in [0.15, 0.2) is 30.3 Å². The molecule has 0 atom stereocenters. The lowest BCUT2D eigenvalue weighted by Crippen LogP contribution is -2.61. The third-order valence-electron chi connectivity index (χ3n) is 5.50. The van der Waals surface area contributed by atoms with E-state index >= 15 is 0 Å². The normalized spacial score (nSPS) is 23.0. The lowest BCUT2D eigenvalue weighted by molar-refractivity contribution is -0.116. The third-order valence-corrected chi connectivity index (χ3v) is 10.1. The van der Waals surface area contributed by atoms with Crippen molar-refractivity contribution in [1.82, 2.24) is 5.32 Å². The van der Waals surface area contributed by atoms with Gasteiger partial charge in [0.15, 0.2) is 8.32 Å². The van der Waals surface area contributed by atoms with Crippen molar-refractivity contribution in [3.63, 3.8) is 0 Å². The lowest BCUT2D eigenvalue weighted by Gasteiger charge is -2.53. The maximum Gasteiger partial charge on any atom is 0.407 e. The Labute approximate surface area is 157 Å². The first-order valence-electron chi connectivity index (χ1n) is 9.18. The van der Waals surface area contributed by atoms with Crippen molar-refractivity contribution in [3.05, 3.63) is 35.9 Å². The summed E-state index contributed by atoms with van der Waals surface area (Å²) in [6.45, 7) is 11.2. The number of rotatable bonds is 7. The Bertz CT molecular complexity index is 618. The Kier molecular flexibility index (Phi) is 6.29. The van der Waals surface area contributed by atoms with Gasteiger partial charge in [0.25, 0.3) is 0 Å². The zero-order valence-corrected chi connectivity index (χ0v) is 17.5. The molecule has 0 heterocycles. The molecule has 5 nitrogen and oxygen atoms in total. The number of nitrogens with one attached hydrogen (secondary N) is 1. The number of hydrogen-bond donors (Lipinski definition) is 1. The number of amides is 1. The summed E-state index contributed by atoms with van der Waals surface area (Å²) in [5, 5.41) is 2.96. The zero-order chi connectivity index (χ0) is 19.4. The fraction of sp³-hybridized carbons (Fsp3) is 0.600. The second-order valence-corrected chi connectivity index (χ2v) is 13.5. The number of carbonyl (C=O) groups is 2. The van der Waals surface area contributed by atoms with Gasteiger partial charge in [0.05, 0.1) is 5.60 Å². The molecule has 0 bridgehead atoms. The molecule has 1 N–H and O–H groups in total. The van der Waals surface area contributed by atoms with Crippen LogP contribution in [0.1, 0.15) is 45.6 Å². The topological polar surface area (TPSA) is 64.6 Å². The molecule has 1 aromatic rings. The summed E-state index contributed by atoms with van der Waals surface area (Å²) < 4.78 is 11.8. The predicted molar refractivity (Wildman–Crippen MR) is 104 cm³/mol. The number of hydrogen-bond acceptors (Lipinski definition) is 4. The summed E-state index contributed by atoms with van der Waals surface area (Å²) in [5.74, 6) is 0. The van der Waals surface area contributed by atoms with E-state index in [2.05, 4.69) is 39.2 Å². The van der Waals surface area contributed by atoms with Gasteiger partial charge in [-0.15, -0.1) is 0 Å². The molecular formula is C20H31NO4Si. The number of aldehydes is 1. The first-order valence-corrected chi connectivity index (χ1v) is 12.1. The van der Waals surface area contributed by atoms with Crippen LogP contribution in [0.2, 0.25) is 18.1 Å². The molecule has 0 aliphatic heterocycles. The van der Waals surface area contributed by atoms with E-state index in [4.69, 9.17) is 9.16 Å². The standard InChI is InChI=1S/C20H31NO4Si/c1-19(2,3)26(4,5)25-20(11-12-22)13-17(14-20)21-18(23)24-15-16-9-7-6-8-10-16/h6-10,12,17H,11,13-15H2,1-5H3,(H,21,23). The maximum absolute atomic E-state index is 12.0. The molecule has 0 radical (unpaired) electrons. The van der Waals surface area contributed by atoms with E-state index in [1.165, 1.54) is 0 Å². The van der Waals surface area contributed by atoms with Gasteiger partial charge in [0.2, 0.25) is 0 Å². The van der Waals surface area contributed by atoms with Crippen LogP contribution >= 0.6 is 0 Å². The van der Waals surface area contributed by atoms with Crippen LogP contribution in [-0.2, 0) is 20.6 Å². The second kappa shape index (κ2) is 7.92. The molecule has 6 heteroatoms. The highest BCUT2D eigenvalue weighted by molar-refractivity contribution is 6.74. The SMILES string of the molecule is CC(C)(C)[Si](C)(C)OC1(CC=O)CC(NC(=O)OCc2ccccc2)C1. The molecule has 1 fully saturated rings. The highest BCUT2D eigenvalue weighted by atomic mass is 28.4. The lowest BCUT2D eigenvalue weighted by atomic mass is 9.74. The highest BCUT2D eigenvalue weighted by Crippen LogP contribution is 2.46. The van der Waals surface area contributed by atoms with Crippen LogP contribution in [0.4, 0.5) is 4.79 Å². The quantitative estimate of drug-likeness (QED) is 0.564. The molecule has 1 aromatic carbocycles. The fourth-order valence-electron chi connectivity index (χ4n) is 3.01. The maximum atomic E-state index is 12.0. The monoisotopic (exact) mass is 377 g/mol. The predicted octanol–water partition coefficient (Wildman–Crippen LogP) is 4.42. The van der Waals surface area contributed by atoms with Gasteiger partial charge in [-0.25, -0.2) is 4.79 Å². The average molecular weight is 378 g/mol. The van der Waals surface area contributed by atoms with Gasteiger partial charge in [0, 0.05) is 12.5 Å². The van der Waals surface area contributed by atoms with Crippen LogP contribution in [0.5, 0.6) is 0 Å². The minimum atomic E-state index is -1.98. The summed E-state index contributed by atoms with van der Waals surface area (Å²) in [4.78, 5) is 23.2. The Morgan fingerprint density at radius 1 is 1.27 bits per heavy atom. The molecule has 2 rings (SSSR count). The van der Waals surface area contributed by atoms with Crippen molar-refractivity contribution in [3.8, 4) is 0 Å². The van der Waals surface area contributed by atoms with E-state index in [1.54, 1.807) is 0 Å². The smallest absolute Gasteiger partial charge is 0.407 e. The molecule has 1 saturated carbocycles. The van der Waals surface area contributed by atoms with Crippen molar-refractivity contribution in [2.45, 2.75) is 76.4 Å². The molecular weight excluding hydrogens is 346 g/mol. The molecule has 0 saturated heterocycles. The summed E-state index contributed by atoms with van der Waals surface area (Å²) in [6.07, 6.45) is 2.18. The summed E-state index contributed by atoms with van der Waals surface area (Å²) in [7, 11) is -1.98. The van der Waals surface area contributed by atoms with Gasteiger partial charge < -0.3 is 19.3 Å². The molecule has 1 aliphatic carbocycles. The van der Waals surface area contributed by atoms with E-state index in [0.717, 1.165) is 11.8 Å². The van der Waals surface area contributed by atoms with Crippen LogP contribution in [0.3, 0.4) is 0 Å². The molecule has 26 heavy (non-hydrogen) atoms. The molecule has 0 aromatic heterocycles. The van der Waals surface area contributed by atoms with Crippen molar-refractivity contribution >= 4 is 20.7 Å². The summed E-state index contributed by atoms with van der Waals surface area (Å²) in [5.41, 5.74) is 0.509. The molecule has 144 valence electrons. The molecule has 1 amide bonds. The molecule has 1 aliphatic rings. The highest BCUT2D eigenvalue weighted by Gasteiger charge is 2.51. The van der Waals surface area contributed by atoms with E-state index in [9.17, 15) is 9.59 Å². The van der Waals surface area contributed by atoms with Gasteiger partial charge in [-0.2, -0.15) is 0 Å². The van der Waals surface area contributed by atoms with Crippen LogP contribution < -0.4 is 5.32 Å². The first kappa shape index (κ1) is 20.6.